The zero-order chi connectivity index (χ0) is 16.8. The molecule has 1 aromatic rings. The van der Waals surface area contributed by atoms with Crippen molar-refractivity contribution >= 4 is 17.7 Å². The SMILES string of the molecule is CCOC(=O)N1CCN(C(=O)CNc2ccc(F)c(F)c2)CC1. The lowest BCUT2D eigenvalue weighted by Gasteiger charge is -2.34. The monoisotopic (exact) mass is 327 g/mol. The smallest absolute Gasteiger partial charge is 0.409 e. The molecule has 126 valence electrons. The number of nitrogens with one attached hydrogen (secondary N) is 1. The van der Waals surface area contributed by atoms with Gasteiger partial charge in [0.15, 0.2) is 11.6 Å². The summed E-state index contributed by atoms with van der Waals surface area (Å²) in [5, 5.41) is 2.76. The molecule has 6 nitrogen and oxygen atoms in total. The highest BCUT2D eigenvalue weighted by Crippen LogP contribution is 2.13. The average molecular weight is 327 g/mol. The molecule has 1 fully saturated rings. The number of carbonyl (C=O) groups excluding carboxylic acids is 2. The number of nitrogens with zero attached hydrogens (tertiary/aromatic N) is 2. The van der Waals surface area contributed by atoms with Crippen molar-refractivity contribution in [3.8, 4) is 0 Å². The quantitative estimate of drug-likeness (QED) is 0.914. The number of piperazine rings is 1. The summed E-state index contributed by atoms with van der Waals surface area (Å²) < 4.78 is 30.8. The van der Waals surface area contributed by atoms with Gasteiger partial charge in [0.1, 0.15) is 0 Å². The molecule has 1 N–H and O–H groups in total. The van der Waals surface area contributed by atoms with Gasteiger partial charge < -0.3 is 19.9 Å². The van der Waals surface area contributed by atoms with Crippen LogP contribution in [0.3, 0.4) is 0 Å². The normalized spacial score (nSPS) is 14.6. The van der Waals surface area contributed by atoms with E-state index in [0.29, 0.717) is 38.5 Å². The Hall–Kier alpha value is -2.38. The molecule has 1 aromatic carbocycles. The molecule has 0 atom stereocenters. The largest absolute Gasteiger partial charge is 0.450 e. The molecule has 0 aromatic heterocycles. The van der Waals surface area contributed by atoms with Gasteiger partial charge >= 0.3 is 6.09 Å². The van der Waals surface area contributed by atoms with Gasteiger partial charge in [-0.1, -0.05) is 0 Å². The topological polar surface area (TPSA) is 61.9 Å². The first-order valence-electron chi connectivity index (χ1n) is 7.39. The van der Waals surface area contributed by atoms with Gasteiger partial charge in [0.2, 0.25) is 5.91 Å². The van der Waals surface area contributed by atoms with Gasteiger partial charge in [0, 0.05) is 37.9 Å². The number of hydrogen-bond acceptors (Lipinski definition) is 4. The first-order valence-corrected chi connectivity index (χ1v) is 7.39. The highest BCUT2D eigenvalue weighted by atomic mass is 19.2. The van der Waals surface area contributed by atoms with Gasteiger partial charge in [0.05, 0.1) is 13.2 Å². The van der Waals surface area contributed by atoms with Crippen molar-refractivity contribution in [2.24, 2.45) is 0 Å². The third-order valence-electron chi connectivity index (χ3n) is 3.52. The standard InChI is InChI=1S/C15H19F2N3O3/c1-2-23-15(22)20-7-5-19(6-8-20)14(21)10-18-11-3-4-12(16)13(17)9-11/h3-4,9,18H,2,5-8,10H2,1H3. The molecule has 0 bridgehead atoms. The Labute approximate surface area is 133 Å². The molecule has 1 saturated heterocycles. The molecule has 0 radical (unpaired) electrons. The van der Waals surface area contributed by atoms with Crippen LogP contribution in [-0.4, -0.2) is 61.1 Å². The second kappa shape index (κ2) is 7.75. The maximum atomic E-state index is 13.1. The minimum absolute atomic E-state index is 0.0233. The van der Waals surface area contributed by atoms with Gasteiger partial charge in [-0.15, -0.1) is 0 Å². The lowest BCUT2D eigenvalue weighted by Crippen LogP contribution is -2.51. The number of amides is 2. The lowest BCUT2D eigenvalue weighted by molar-refractivity contribution is -0.130. The number of rotatable bonds is 4. The molecule has 1 aliphatic heterocycles. The van der Waals surface area contributed by atoms with E-state index in [2.05, 4.69) is 5.32 Å². The van der Waals surface area contributed by atoms with Crippen LogP contribution in [0.2, 0.25) is 0 Å². The Kier molecular flexibility index (Phi) is 5.72. The number of anilines is 1. The van der Waals surface area contributed by atoms with Gasteiger partial charge in [0.25, 0.3) is 0 Å². The molecule has 0 unspecified atom stereocenters. The summed E-state index contributed by atoms with van der Waals surface area (Å²) in [4.78, 5) is 26.8. The van der Waals surface area contributed by atoms with Crippen LogP contribution in [0.15, 0.2) is 18.2 Å². The first kappa shape index (κ1) is 17.0. The number of halogens is 2. The van der Waals surface area contributed by atoms with E-state index in [1.165, 1.54) is 6.07 Å². The van der Waals surface area contributed by atoms with Crippen molar-refractivity contribution in [1.82, 2.24) is 9.80 Å². The summed E-state index contributed by atoms with van der Waals surface area (Å²) >= 11 is 0. The van der Waals surface area contributed by atoms with Crippen LogP contribution in [0.5, 0.6) is 0 Å². The first-order chi connectivity index (χ1) is 11.0. The molecule has 0 aliphatic carbocycles. The Morgan fingerprint density at radius 2 is 1.78 bits per heavy atom. The minimum atomic E-state index is -0.967. The van der Waals surface area contributed by atoms with Gasteiger partial charge in [-0.05, 0) is 19.1 Å². The molecular weight excluding hydrogens is 308 g/mol. The van der Waals surface area contributed by atoms with Gasteiger partial charge in [-0.2, -0.15) is 0 Å². The predicted molar refractivity (Wildman–Crippen MR) is 80.0 cm³/mol. The van der Waals surface area contributed by atoms with Crippen LogP contribution in [0.25, 0.3) is 0 Å². The Bertz CT molecular complexity index is 575. The maximum absolute atomic E-state index is 13.1. The molecular formula is C15H19F2N3O3. The van der Waals surface area contributed by atoms with Crippen LogP contribution in [0, 0.1) is 11.6 Å². The molecule has 0 saturated carbocycles. The summed E-state index contributed by atoms with van der Waals surface area (Å²) in [6.45, 7) is 3.68. The van der Waals surface area contributed by atoms with E-state index in [9.17, 15) is 18.4 Å². The molecule has 0 spiro atoms. The highest BCUT2D eigenvalue weighted by Gasteiger charge is 2.24. The zero-order valence-corrected chi connectivity index (χ0v) is 12.8. The van der Waals surface area contributed by atoms with Crippen LogP contribution in [0.4, 0.5) is 19.3 Å². The van der Waals surface area contributed by atoms with E-state index >= 15 is 0 Å². The van der Waals surface area contributed by atoms with Crippen molar-refractivity contribution in [2.45, 2.75) is 6.92 Å². The second-order valence-corrected chi connectivity index (χ2v) is 5.05. The fourth-order valence-corrected chi connectivity index (χ4v) is 2.25. The van der Waals surface area contributed by atoms with Crippen LogP contribution in [0.1, 0.15) is 6.92 Å². The van der Waals surface area contributed by atoms with Crippen LogP contribution in [-0.2, 0) is 9.53 Å². The lowest BCUT2D eigenvalue weighted by atomic mass is 10.3. The highest BCUT2D eigenvalue weighted by molar-refractivity contribution is 5.81. The summed E-state index contributed by atoms with van der Waals surface area (Å²) in [6, 6.07) is 3.37. The molecule has 2 rings (SSSR count). The Morgan fingerprint density at radius 1 is 1.13 bits per heavy atom. The van der Waals surface area contributed by atoms with E-state index in [0.717, 1.165) is 12.1 Å². The van der Waals surface area contributed by atoms with E-state index in [1.54, 1.807) is 16.7 Å². The Balaban J connectivity index is 1.79. The van der Waals surface area contributed by atoms with Crippen molar-refractivity contribution in [2.75, 3.05) is 44.6 Å². The van der Waals surface area contributed by atoms with Crippen molar-refractivity contribution in [3.63, 3.8) is 0 Å². The van der Waals surface area contributed by atoms with E-state index in [-0.39, 0.29) is 18.5 Å². The fraction of sp³-hybridized carbons (Fsp3) is 0.467. The van der Waals surface area contributed by atoms with Gasteiger partial charge in [-0.3, -0.25) is 4.79 Å². The van der Waals surface area contributed by atoms with Crippen molar-refractivity contribution in [3.05, 3.63) is 29.8 Å². The van der Waals surface area contributed by atoms with Crippen LogP contribution >= 0.6 is 0 Å². The van der Waals surface area contributed by atoms with Crippen molar-refractivity contribution < 1.29 is 23.1 Å². The maximum Gasteiger partial charge on any atom is 0.409 e. The molecule has 8 heteroatoms. The molecule has 1 aliphatic rings. The summed E-state index contributed by atoms with van der Waals surface area (Å²) in [5.41, 5.74) is 0.336. The van der Waals surface area contributed by atoms with Crippen molar-refractivity contribution in [1.29, 1.82) is 0 Å². The molecule has 1 heterocycles. The number of benzene rings is 1. The third kappa shape index (κ3) is 4.54. The fourth-order valence-electron chi connectivity index (χ4n) is 2.25. The predicted octanol–water partition coefficient (Wildman–Crippen LogP) is 1.68. The number of ether oxygens (including phenoxy) is 1. The number of hydrogen-bond donors (Lipinski definition) is 1. The van der Waals surface area contributed by atoms with E-state index in [1.807, 2.05) is 0 Å². The van der Waals surface area contributed by atoms with E-state index in [4.69, 9.17) is 4.74 Å². The molecule has 23 heavy (non-hydrogen) atoms. The Morgan fingerprint density at radius 3 is 2.39 bits per heavy atom. The summed E-state index contributed by atoms with van der Waals surface area (Å²) in [6.07, 6.45) is -0.375. The van der Waals surface area contributed by atoms with Crippen LogP contribution < -0.4 is 5.32 Å². The number of carbonyl (C=O) groups is 2. The van der Waals surface area contributed by atoms with E-state index < -0.39 is 11.6 Å². The second-order valence-electron chi connectivity index (χ2n) is 5.05. The molecule has 2 amide bonds. The third-order valence-corrected chi connectivity index (χ3v) is 3.52. The minimum Gasteiger partial charge on any atom is -0.450 e. The average Bonchev–Trinajstić information content (AvgIpc) is 2.56. The zero-order valence-electron chi connectivity index (χ0n) is 12.8. The summed E-state index contributed by atoms with van der Waals surface area (Å²) in [7, 11) is 0. The summed E-state index contributed by atoms with van der Waals surface area (Å²) in [5.74, 6) is -2.07. The van der Waals surface area contributed by atoms with Gasteiger partial charge in [-0.25, -0.2) is 13.6 Å².